The molecule has 0 bridgehead atoms. The molecule has 11 heteroatoms. The maximum atomic E-state index is 13.0. The molecular formula is C25H28Cl3N5O2S. The van der Waals surface area contributed by atoms with Crippen LogP contribution in [0.4, 0.5) is 5.69 Å². The fourth-order valence-corrected chi connectivity index (χ4v) is 5.09. The number of thioether (sulfide) groups is 1. The van der Waals surface area contributed by atoms with Crippen molar-refractivity contribution in [1.82, 2.24) is 20.1 Å². The predicted molar refractivity (Wildman–Crippen MR) is 147 cm³/mol. The van der Waals surface area contributed by atoms with Crippen LogP contribution in [0, 0.1) is 12.8 Å². The van der Waals surface area contributed by atoms with Crippen molar-refractivity contribution in [2.24, 2.45) is 5.92 Å². The first-order valence-corrected chi connectivity index (χ1v) is 13.6. The summed E-state index contributed by atoms with van der Waals surface area (Å²) in [7, 11) is 0. The Labute approximate surface area is 230 Å². The minimum Gasteiger partial charge on any atom is -0.342 e. The van der Waals surface area contributed by atoms with E-state index in [0.29, 0.717) is 45.2 Å². The van der Waals surface area contributed by atoms with Crippen LogP contribution in [0.15, 0.2) is 41.6 Å². The number of amides is 2. The highest BCUT2D eigenvalue weighted by Crippen LogP contribution is 2.27. The molecule has 0 aliphatic rings. The van der Waals surface area contributed by atoms with E-state index in [1.165, 1.54) is 17.8 Å². The lowest BCUT2D eigenvalue weighted by atomic mass is 10.0. The van der Waals surface area contributed by atoms with Crippen molar-refractivity contribution in [3.05, 3.63) is 68.4 Å². The van der Waals surface area contributed by atoms with Gasteiger partial charge in [-0.05, 0) is 62.1 Å². The van der Waals surface area contributed by atoms with Crippen molar-refractivity contribution in [2.45, 2.75) is 51.9 Å². The predicted octanol–water partition coefficient (Wildman–Crippen LogP) is 6.81. The molecule has 36 heavy (non-hydrogen) atoms. The zero-order valence-corrected chi connectivity index (χ0v) is 23.5. The molecule has 192 valence electrons. The number of carbonyl (C=O) groups is 2. The Morgan fingerprint density at radius 1 is 1.06 bits per heavy atom. The molecule has 0 saturated carbocycles. The summed E-state index contributed by atoms with van der Waals surface area (Å²) in [6.45, 7) is 8.58. The molecule has 3 rings (SSSR count). The monoisotopic (exact) mass is 567 g/mol. The lowest BCUT2D eigenvalue weighted by Gasteiger charge is -2.21. The largest absolute Gasteiger partial charge is 0.342 e. The molecule has 1 aromatic heterocycles. The van der Waals surface area contributed by atoms with Crippen LogP contribution in [0.25, 0.3) is 0 Å². The average molecular weight is 569 g/mol. The van der Waals surface area contributed by atoms with E-state index in [4.69, 9.17) is 34.8 Å². The number of halogens is 3. The highest BCUT2D eigenvalue weighted by atomic mass is 35.5. The van der Waals surface area contributed by atoms with Crippen molar-refractivity contribution < 1.29 is 9.59 Å². The molecule has 2 amide bonds. The maximum absolute atomic E-state index is 13.0. The number of aryl methyl sites for hydroxylation is 1. The second-order valence-electron chi connectivity index (χ2n) is 8.66. The number of carbonyl (C=O) groups excluding carboxylic acids is 2. The maximum Gasteiger partial charge on any atom is 0.253 e. The van der Waals surface area contributed by atoms with Gasteiger partial charge in [-0.2, -0.15) is 0 Å². The molecule has 2 aromatic carbocycles. The molecule has 0 fully saturated rings. The van der Waals surface area contributed by atoms with Crippen LogP contribution in [-0.4, -0.2) is 32.3 Å². The van der Waals surface area contributed by atoms with E-state index >= 15 is 0 Å². The quantitative estimate of drug-likeness (QED) is 0.262. The Morgan fingerprint density at radius 3 is 2.42 bits per heavy atom. The summed E-state index contributed by atoms with van der Waals surface area (Å²) in [4.78, 5) is 25.6. The SMILES string of the molecule is CCn1c(SCC(=O)Nc2cc(Cl)ccc2C)nnc1[C@H](CC(C)C)NC(=O)c1ccc(Cl)cc1Cl. The van der Waals surface area contributed by atoms with E-state index in [9.17, 15) is 9.59 Å². The zero-order chi connectivity index (χ0) is 26.4. The summed E-state index contributed by atoms with van der Waals surface area (Å²) < 4.78 is 1.92. The van der Waals surface area contributed by atoms with E-state index in [2.05, 4.69) is 34.7 Å². The van der Waals surface area contributed by atoms with Crippen LogP contribution in [0.1, 0.15) is 55.0 Å². The summed E-state index contributed by atoms with van der Waals surface area (Å²) in [6.07, 6.45) is 0.647. The molecular weight excluding hydrogens is 541 g/mol. The van der Waals surface area contributed by atoms with Crippen LogP contribution in [-0.2, 0) is 11.3 Å². The molecule has 3 aromatic rings. The summed E-state index contributed by atoms with van der Waals surface area (Å²) in [5.74, 6) is 0.547. The van der Waals surface area contributed by atoms with Crippen LogP contribution in [0.5, 0.6) is 0 Å². The van der Waals surface area contributed by atoms with Gasteiger partial charge in [-0.1, -0.05) is 66.5 Å². The number of nitrogens with one attached hydrogen (secondary N) is 2. The number of hydrogen-bond acceptors (Lipinski definition) is 5. The second kappa shape index (κ2) is 12.8. The topological polar surface area (TPSA) is 88.9 Å². The molecule has 1 heterocycles. The van der Waals surface area contributed by atoms with Crippen molar-refractivity contribution in [3.63, 3.8) is 0 Å². The smallest absolute Gasteiger partial charge is 0.253 e. The van der Waals surface area contributed by atoms with Gasteiger partial charge in [-0.3, -0.25) is 9.59 Å². The van der Waals surface area contributed by atoms with E-state index in [0.717, 1.165) is 5.56 Å². The molecule has 0 saturated heterocycles. The highest BCUT2D eigenvalue weighted by Gasteiger charge is 2.25. The van der Waals surface area contributed by atoms with Crippen molar-refractivity contribution >= 4 is 64.1 Å². The number of aromatic nitrogens is 3. The highest BCUT2D eigenvalue weighted by molar-refractivity contribution is 7.99. The van der Waals surface area contributed by atoms with Crippen LogP contribution in [0.3, 0.4) is 0 Å². The first kappa shape index (κ1) is 28.3. The van der Waals surface area contributed by atoms with Gasteiger partial charge in [-0.15, -0.1) is 10.2 Å². The Hall–Kier alpha value is -2.26. The van der Waals surface area contributed by atoms with Crippen molar-refractivity contribution in [1.29, 1.82) is 0 Å². The summed E-state index contributed by atoms with van der Waals surface area (Å²) in [5, 5.41) is 16.5. The van der Waals surface area contributed by atoms with E-state index in [-0.39, 0.29) is 28.5 Å². The molecule has 0 radical (unpaired) electrons. The van der Waals surface area contributed by atoms with Crippen LogP contribution >= 0.6 is 46.6 Å². The number of nitrogens with zero attached hydrogens (tertiary/aromatic N) is 3. The molecule has 0 unspecified atom stereocenters. The number of benzene rings is 2. The minimum atomic E-state index is -0.394. The Kier molecular flexibility index (Phi) is 10.1. The Balaban J connectivity index is 1.76. The Bertz CT molecular complexity index is 1250. The van der Waals surface area contributed by atoms with Gasteiger partial charge in [-0.25, -0.2) is 0 Å². The van der Waals surface area contributed by atoms with Crippen LogP contribution < -0.4 is 10.6 Å². The first-order valence-electron chi connectivity index (χ1n) is 11.5. The van der Waals surface area contributed by atoms with Gasteiger partial charge in [0.1, 0.15) is 0 Å². The average Bonchev–Trinajstić information content (AvgIpc) is 3.22. The van der Waals surface area contributed by atoms with Gasteiger partial charge in [0.05, 0.1) is 22.4 Å². The summed E-state index contributed by atoms with van der Waals surface area (Å²) in [5.41, 5.74) is 1.93. The third-order valence-electron chi connectivity index (χ3n) is 5.37. The van der Waals surface area contributed by atoms with Crippen molar-refractivity contribution in [3.8, 4) is 0 Å². The second-order valence-corrected chi connectivity index (χ2v) is 10.9. The first-order chi connectivity index (χ1) is 17.1. The van der Waals surface area contributed by atoms with Crippen molar-refractivity contribution in [2.75, 3.05) is 11.1 Å². The normalized spacial score (nSPS) is 12.0. The fourth-order valence-electron chi connectivity index (χ4n) is 3.62. The van der Waals surface area contributed by atoms with Gasteiger partial charge in [0.15, 0.2) is 11.0 Å². The van der Waals surface area contributed by atoms with Gasteiger partial charge in [0, 0.05) is 22.3 Å². The third-order valence-corrected chi connectivity index (χ3v) is 7.12. The van der Waals surface area contributed by atoms with E-state index in [1.54, 1.807) is 24.3 Å². The molecule has 0 aliphatic carbocycles. The third kappa shape index (κ3) is 7.38. The number of rotatable bonds is 10. The standard InChI is InChI=1S/C25H28Cl3N5O2S/c1-5-33-23(21(10-14(2)3)30-24(35)18-9-8-16(26)11-19(18)28)31-32-25(33)36-13-22(34)29-20-12-17(27)7-6-15(20)4/h6-9,11-12,14,21H,5,10,13H2,1-4H3,(H,29,34)(H,30,35)/t21-/m0/s1. The molecule has 2 N–H and O–H groups in total. The van der Waals surface area contributed by atoms with E-state index < -0.39 is 6.04 Å². The van der Waals surface area contributed by atoms with Gasteiger partial charge in [0.25, 0.3) is 5.91 Å². The number of anilines is 1. The molecule has 1 atom stereocenters. The van der Waals surface area contributed by atoms with Crippen LogP contribution in [0.2, 0.25) is 15.1 Å². The lowest BCUT2D eigenvalue weighted by Crippen LogP contribution is -2.32. The fraction of sp³-hybridized carbons (Fsp3) is 0.360. The molecule has 7 nitrogen and oxygen atoms in total. The molecule has 0 spiro atoms. The summed E-state index contributed by atoms with van der Waals surface area (Å²) >= 11 is 19.5. The number of hydrogen-bond donors (Lipinski definition) is 2. The zero-order valence-electron chi connectivity index (χ0n) is 20.4. The van der Waals surface area contributed by atoms with Gasteiger partial charge in [0.2, 0.25) is 5.91 Å². The lowest BCUT2D eigenvalue weighted by molar-refractivity contribution is -0.113. The van der Waals surface area contributed by atoms with Gasteiger partial charge >= 0.3 is 0 Å². The minimum absolute atomic E-state index is 0.145. The van der Waals surface area contributed by atoms with Gasteiger partial charge < -0.3 is 15.2 Å². The molecule has 0 aliphatic heterocycles. The summed E-state index contributed by atoms with van der Waals surface area (Å²) in [6, 6.07) is 9.71. The van der Waals surface area contributed by atoms with E-state index in [1.807, 2.05) is 24.5 Å². The Morgan fingerprint density at radius 2 is 1.75 bits per heavy atom.